The topological polar surface area (TPSA) is 80.9 Å². The molecule has 4 aromatic rings. The molecule has 0 saturated carbocycles. The second kappa shape index (κ2) is 13.8. The van der Waals surface area contributed by atoms with Crippen molar-refractivity contribution in [3.63, 3.8) is 0 Å². The summed E-state index contributed by atoms with van der Waals surface area (Å²) >= 11 is 0. The first-order valence-corrected chi connectivity index (χ1v) is 11.6. The average molecular weight is 509 g/mol. The summed E-state index contributed by atoms with van der Waals surface area (Å²) in [5.74, 6) is 1.18. The van der Waals surface area contributed by atoms with E-state index >= 15 is 0 Å². The van der Waals surface area contributed by atoms with Crippen molar-refractivity contribution in [2.24, 2.45) is 0 Å². The average Bonchev–Trinajstić information content (AvgIpc) is 2.75. The van der Waals surface area contributed by atoms with E-state index in [1.807, 2.05) is 48.5 Å². The van der Waals surface area contributed by atoms with Crippen LogP contribution in [0.2, 0.25) is 0 Å². The van der Waals surface area contributed by atoms with Gasteiger partial charge in [-0.3, -0.25) is 0 Å². The molecule has 0 aliphatic carbocycles. The molecule has 32 heavy (non-hydrogen) atoms. The van der Waals surface area contributed by atoms with Gasteiger partial charge in [-0.25, -0.2) is 0 Å². The number of hydrogen-bond donors (Lipinski definition) is 4. The molecule has 0 heterocycles. The van der Waals surface area contributed by atoms with Crippen molar-refractivity contribution in [3.05, 3.63) is 97.1 Å². The van der Waals surface area contributed by atoms with Crippen LogP contribution in [0.5, 0.6) is 23.0 Å². The molecule has 0 atom stereocenters. The molecule has 0 unspecified atom stereocenters. The largest absolute Gasteiger partial charge is 1.00 e. The molecule has 0 aliphatic heterocycles. The molecule has 0 aliphatic rings. The normalized spacial score (nSPS) is 9.50. The van der Waals surface area contributed by atoms with Gasteiger partial charge in [0.25, 0.3) is 0 Å². The molecule has 8 heteroatoms. The summed E-state index contributed by atoms with van der Waals surface area (Å²) in [4.78, 5) is 0. The van der Waals surface area contributed by atoms with Crippen LogP contribution in [0, 0.1) is 0 Å². The third-order valence-corrected chi connectivity index (χ3v) is 7.11. The van der Waals surface area contributed by atoms with Crippen molar-refractivity contribution in [1.82, 2.24) is 0 Å². The lowest BCUT2D eigenvalue weighted by Crippen LogP contribution is -3.00. The highest BCUT2D eigenvalue weighted by Gasteiger charge is 2.04. The van der Waals surface area contributed by atoms with E-state index in [0.717, 1.165) is 0 Å². The van der Waals surface area contributed by atoms with E-state index in [9.17, 15) is 0 Å². The standard InChI is InChI=1S/2C12H11O2P.2ClH/c2*13-9-1-5-11(6-2-9)15-12-7-3-10(14)4-8-12;;/h2*1-8,13-15H;2*1H. The van der Waals surface area contributed by atoms with Gasteiger partial charge in [-0.15, -0.1) is 0 Å². The van der Waals surface area contributed by atoms with Crippen LogP contribution in [-0.2, 0) is 0 Å². The van der Waals surface area contributed by atoms with E-state index in [2.05, 4.69) is 0 Å². The Hall–Kier alpha value is -2.48. The van der Waals surface area contributed by atoms with Crippen LogP contribution >= 0.6 is 17.2 Å². The lowest BCUT2D eigenvalue weighted by atomic mass is 10.3. The smallest absolute Gasteiger partial charge is 0.115 e. The van der Waals surface area contributed by atoms with Gasteiger partial charge in [0.1, 0.15) is 23.0 Å². The van der Waals surface area contributed by atoms with Crippen LogP contribution in [0.25, 0.3) is 0 Å². The van der Waals surface area contributed by atoms with Gasteiger partial charge in [0, 0.05) is 0 Å². The van der Waals surface area contributed by atoms with Gasteiger partial charge in [0.05, 0.1) is 38.4 Å². The summed E-state index contributed by atoms with van der Waals surface area (Å²) in [5.41, 5.74) is 0. The molecule has 4 nitrogen and oxygen atoms in total. The second-order valence-electron chi connectivity index (χ2n) is 6.65. The van der Waals surface area contributed by atoms with Crippen molar-refractivity contribution in [2.45, 2.75) is 0 Å². The number of aromatic hydroxyl groups is 4. The molecule has 0 radical (unpaired) electrons. The molecule has 0 amide bonds. The quantitative estimate of drug-likeness (QED) is 0.220. The monoisotopic (exact) mass is 508 g/mol. The number of benzene rings is 4. The predicted octanol–water partition coefficient (Wildman–Crippen LogP) is -3.07. The Morgan fingerprint density at radius 2 is 0.469 bits per heavy atom. The number of halogens is 2. The highest BCUT2D eigenvalue weighted by atomic mass is 35.5. The summed E-state index contributed by atoms with van der Waals surface area (Å²) < 4.78 is 0. The number of phenolic OH excluding ortho intramolecular Hbond substituents is 4. The van der Waals surface area contributed by atoms with Gasteiger partial charge in [-0.2, -0.15) is 0 Å². The molecule has 0 fully saturated rings. The first-order chi connectivity index (χ1) is 14.5. The summed E-state index contributed by atoms with van der Waals surface area (Å²) in [5, 5.41) is 41.4. The Balaban J connectivity index is 0.000000301. The molecule has 0 aromatic heterocycles. The molecular formula is C24H24Cl2O4P2. The van der Waals surface area contributed by atoms with Crippen LogP contribution < -0.4 is 46.0 Å². The number of phenols is 4. The fourth-order valence-electron chi connectivity index (χ4n) is 2.67. The van der Waals surface area contributed by atoms with E-state index in [1.54, 1.807) is 48.5 Å². The van der Waals surface area contributed by atoms with Gasteiger partial charge < -0.3 is 45.2 Å². The van der Waals surface area contributed by atoms with Gasteiger partial charge in [0.15, 0.2) is 0 Å². The first kappa shape index (κ1) is 27.6. The van der Waals surface area contributed by atoms with Crippen molar-refractivity contribution >= 4 is 38.4 Å². The maximum atomic E-state index is 9.14. The van der Waals surface area contributed by atoms with E-state index in [1.165, 1.54) is 21.2 Å². The summed E-state index contributed by atoms with van der Waals surface area (Å²) in [6, 6.07) is 29.0. The first-order valence-electron chi connectivity index (χ1n) is 9.33. The molecule has 0 saturated heterocycles. The van der Waals surface area contributed by atoms with Crippen LogP contribution in [0.4, 0.5) is 0 Å². The molecular weight excluding hydrogens is 485 g/mol. The van der Waals surface area contributed by atoms with Crippen LogP contribution in [0.3, 0.4) is 0 Å². The Morgan fingerprint density at radius 1 is 0.312 bits per heavy atom. The van der Waals surface area contributed by atoms with Crippen LogP contribution in [0.15, 0.2) is 97.1 Å². The van der Waals surface area contributed by atoms with Crippen LogP contribution in [-0.4, -0.2) is 20.4 Å². The molecule has 4 N–H and O–H groups in total. The maximum absolute atomic E-state index is 9.14. The van der Waals surface area contributed by atoms with E-state index in [4.69, 9.17) is 20.4 Å². The lowest BCUT2D eigenvalue weighted by molar-refractivity contribution is -0.00100. The van der Waals surface area contributed by atoms with E-state index in [0.29, 0.717) is 23.0 Å². The number of hydrogen-bond acceptors (Lipinski definition) is 4. The van der Waals surface area contributed by atoms with E-state index < -0.39 is 0 Å². The van der Waals surface area contributed by atoms with Gasteiger partial charge in [-0.1, -0.05) is 0 Å². The zero-order valence-corrected chi connectivity index (χ0v) is 20.8. The zero-order valence-electron chi connectivity index (χ0n) is 16.9. The predicted molar refractivity (Wildman–Crippen MR) is 130 cm³/mol. The summed E-state index contributed by atoms with van der Waals surface area (Å²) in [6.45, 7) is 0. The molecule has 168 valence electrons. The zero-order chi connectivity index (χ0) is 21.3. The molecule has 0 spiro atoms. The third kappa shape index (κ3) is 9.34. The summed E-state index contributed by atoms with van der Waals surface area (Å²) in [7, 11) is 0.0589. The Bertz CT molecular complexity index is 881. The minimum absolute atomic E-state index is 0. The van der Waals surface area contributed by atoms with Gasteiger partial charge in [0.2, 0.25) is 0 Å². The second-order valence-corrected chi connectivity index (χ2v) is 9.90. The molecule has 0 bridgehead atoms. The maximum Gasteiger partial charge on any atom is 0.115 e. The fraction of sp³-hybridized carbons (Fsp3) is 0. The van der Waals surface area contributed by atoms with Gasteiger partial charge in [-0.05, 0) is 97.1 Å². The van der Waals surface area contributed by atoms with Crippen molar-refractivity contribution in [2.75, 3.05) is 0 Å². The SMILES string of the molecule is Oc1ccc([PH2+]c2ccc(O)cc2)cc1.Oc1ccc([PH2+]c2ccc(O)cc2)cc1.[Cl-].[Cl-]. The number of rotatable bonds is 4. The van der Waals surface area contributed by atoms with Crippen molar-refractivity contribution < 1.29 is 45.2 Å². The van der Waals surface area contributed by atoms with Crippen molar-refractivity contribution in [3.8, 4) is 23.0 Å². The molecule has 4 aromatic carbocycles. The lowest BCUT2D eigenvalue weighted by Gasteiger charge is -1.96. The third-order valence-electron chi connectivity index (χ3n) is 4.24. The van der Waals surface area contributed by atoms with Gasteiger partial charge >= 0.3 is 0 Å². The Morgan fingerprint density at radius 3 is 0.625 bits per heavy atom. The summed E-state index contributed by atoms with van der Waals surface area (Å²) in [6.07, 6.45) is 0. The Kier molecular flexibility index (Phi) is 11.9. The minimum Gasteiger partial charge on any atom is -1.00 e. The highest BCUT2D eigenvalue weighted by molar-refractivity contribution is 7.55. The van der Waals surface area contributed by atoms with E-state index in [-0.39, 0.29) is 42.0 Å². The Labute approximate surface area is 203 Å². The highest BCUT2D eigenvalue weighted by Crippen LogP contribution is 2.16. The van der Waals surface area contributed by atoms with Crippen molar-refractivity contribution in [1.29, 1.82) is 0 Å². The van der Waals surface area contributed by atoms with Crippen LogP contribution in [0.1, 0.15) is 0 Å². The fourth-order valence-corrected chi connectivity index (χ4v) is 4.98. The molecule has 4 rings (SSSR count). The minimum atomic E-state index is 0.